The van der Waals surface area contributed by atoms with E-state index in [-0.39, 0.29) is 11.3 Å². The summed E-state index contributed by atoms with van der Waals surface area (Å²) in [7, 11) is -5.69. The van der Waals surface area contributed by atoms with Crippen molar-refractivity contribution < 1.29 is 25.8 Å². The molecule has 116 valence electrons. The predicted molar refractivity (Wildman–Crippen MR) is 73.2 cm³/mol. The molecule has 0 atom stereocenters. The molecule has 0 heterocycles. The number of halogens is 4. The Morgan fingerprint density at radius 3 is 2.57 bits per heavy atom. The second-order valence-electron chi connectivity index (χ2n) is 4.70. The minimum Gasteiger partial charge on any atom is -0.376 e. The molecular weight excluding hydrogens is 329 g/mol. The fourth-order valence-corrected chi connectivity index (χ4v) is 2.71. The first kappa shape index (κ1) is 16.2. The Morgan fingerprint density at radius 2 is 1.95 bits per heavy atom. The molecule has 0 fully saturated rings. The first-order chi connectivity index (χ1) is 9.62. The Labute approximate surface area is 125 Å². The fraction of sp³-hybridized carbons (Fsp3) is 0.385. The monoisotopic (exact) mass is 340 g/mol. The average Bonchev–Trinajstić information content (AvgIpc) is 2.52. The van der Waals surface area contributed by atoms with Crippen LogP contribution in [0.4, 0.5) is 13.2 Å². The standard InChI is InChI=1S/C13H12ClF3O3S/c1-8-6-9-4-2-3-5-12(10(9)7-11(8)14)20-21(18,19)13(15,16)17/h5-7H,2-4H2,1H3. The van der Waals surface area contributed by atoms with Crippen molar-refractivity contribution in [3.63, 3.8) is 0 Å². The zero-order valence-electron chi connectivity index (χ0n) is 11.0. The Kier molecular flexibility index (Phi) is 4.26. The van der Waals surface area contributed by atoms with Crippen LogP contribution in [0.1, 0.15) is 29.5 Å². The van der Waals surface area contributed by atoms with Crippen molar-refractivity contribution in [2.45, 2.75) is 31.7 Å². The third-order valence-electron chi connectivity index (χ3n) is 3.11. The van der Waals surface area contributed by atoms with Gasteiger partial charge in [0.1, 0.15) is 5.76 Å². The molecular formula is C13H12ClF3O3S. The van der Waals surface area contributed by atoms with Crippen LogP contribution in [-0.4, -0.2) is 13.9 Å². The number of alkyl halides is 3. The van der Waals surface area contributed by atoms with Gasteiger partial charge in [-0.2, -0.15) is 21.6 Å². The van der Waals surface area contributed by atoms with Crippen molar-refractivity contribution in [1.29, 1.82) is 0 Å². The summed E-state index contributed by atoms with van der Waals surface area (Å²) < 4.78 is 64.0. The molecule has 8 heteroatoms. The molecule has 0 saturated carbocycles. The highest BCUT2D eigenvalue weighted by Crippen LogP contribution is 2.35. The number of rotatable bonds is 2. The van der Waals surface area contributed by atoms with Gasteiger partial charge in [-0.15, -0.1) is 0 Å². The molecule has 0 saturated heterocycles. The quantitative estimate of drug-likeness (QED) is 0.599. The largest absolute Gasteiger partial charge is 0.534 e. The van der Waals surface area contributed by atoms with E-state index >= 15 is 0 Å². The zero-order chi connectivity index (χ0) is 15.8. The summed E-state index contributed by atoms with van der Waals surface area (Å²) in [5, 5.41) is 0.342. The summed E-state index contributed by atoms with van der Waals surface area (Å²) in [4.78, 5) is 0. The molecule has 0 bridgehead atoms. The van der Waals surface area contributed by atoms with E-state index in [0.717, 1.165) is 11.1 Å². The van der Waals surface area contributed by atoms with E-state index in [4.69, 9.17) is 11.6 Å². The number of hydrogen-bond acceptors (Lipinski definition) is 3. The maximum atomic E-state index is 12.4. The number of benzene rings is 1. The van der Waals surface area contributed by atoms with Gasteiger partial charge in [0, 0.05) is 10.6 Å². The minimum absolute atomic E-state index is 0.288. The first-order valence-electron chi connectivity index (χ1n) is 6.12. The van der Waals surface area contributed by atoms with Crippen molar-refractivity contribution >= 4 is 27.5 Å². The molecule has 2 rings (SSSR count). The lowest BCUT2D eigenvalue weighted by molar-refractivity contribution is -0.0509. The summed E-state index contributed by atoms with van der Waals surface area (Å²) in [6.07, 6.45) is 3.07. The third kappa shape index (κ3) is 3.35. The second-order valence-corrected chi connectivity index (χ2v) is 6.65. The minimum atomic E-state index is -5.69. The van der Waals surface area contributed by atoms with Crippen molar-refractivity contribution in [3.05, 3.63) is 39.9 Å². The van der Waals surface area contributed by atoms with Crippen molar-refractivity contribution in [1.82, 2.24) is 0 Å². The number of aryl methyl sites for hydroxylation is 2. The molecule has 0 unspecified atom stereocenters. The van der Waals surface area contributed by atoms with Crippen molar-refractivity contribution in [3.8, 4) is 0 Å². The summed E-state index contributed by atoms with van der Waals surface area (Å²) in [6, 6.07) is 3.18. The molecule has 0 spiro atoms. The van der Waals surface area contributed by atoms with Crippen molar-refractivity contribution in [2.75, 3.05) is 0 Å². The van der Waals surface area contributed by atoms with Gasteiger partial charge in [0.05, 0.1) is 0 Å². The number of hydrogen-bond donors (Lipinski definition) is 0. The highest BCUT2D eigenvalue weighted by Gasteiger charge is 2.49. The van der Waals surface area contributed by atoms with E-state index in [1.54, 1.807) is 13.0 Å². The Hall–Kier alpha value is -1.21. The molecule has 0 amide bonds. The summed E-state index contributed by atoms with van der Waals surface area (Å²) in [5.74, 6) is -0.318. The summed E-state index contributed by atoms with van der Waals surface area (Å²) in [6.45, 7) is 1.77. The van der Waals surface area contributed by atoms with Gasteiger partial charge in [-0.05, 0) is 49.5 Å². The van der Waals surface area contributed by atoms with Gasteiger partial charge < -0.3 is 4.18 Å². The van der Waals surface area contributed by atoms with Crippen molar-refractivity contribution in [2.24, 2.45) is 0 Å². The SMILES string of the molecule is Cc1cc2c(cc1Cl)C(OS(=O)(=O)C(F)(F)F)=CCCC2. The maximum absolute atomic E-state index is 12.4. The lowest BCUT2D eigenvalue weighted by Gasteiger charge is -2.15. The smallest absolute Gasteiger partial charge is 0.376 e. The Morgan fingerprint density at radius 1 is 1.29 bits per heavy atom. The molecule has 21 heavy (non-hydrogen) atoms. The van der Waals surface area contributed by atoms with E-state index in [1.165, 1.54) is 12.1 Å². The average molecular weight is 341 g/mol. The molecule has 1 aliphatic carbocycles. The van der Waals surface area contributed by atoms with Crippen LogP contribution in [0.5, 0.6) is 0 Å². The van der Waals surface area contributed by atoms with Crippen LogP contribution < -0.4 is 0 Å². The molecule has 1 aromatic carbocycles. The summed E-state index contributed by atoms with van der Waals surface area (Å²) >= 11 is 5.97. The molecule has 0 aliphatic heterocycles. The van der Waals surface area contributed by atoms with E-state index in [2.05, 4.69) is 4.18 Å². The van der Waals surface area contributed by atoms with Crippen LogP contribution in [0.3, 0.4) is 0 Å². The van der Waals surface area contributed by atoms with Gasteiger partial charge in [0.2, 0.25) is 0 Å². The van der Waals surface area contributed by atoms with Gasteiger partial charge in [0.25, 0.3) is 0 Å². The topological polar surface area (TPSA) is 43.4 Å². The van der Waals surface area contributed by atoms with Crippen LogP contribution in [0.15, 0.2) is 18.2 Å². The Balaban J connectivity index is 2.48. The zero-order valence-corrected chi connectivity index (χ0v) is 12.6. The van der Waals surface area contributed by atoms with E-state index in [9.17, 15) is 21.6 Å². The van der Waals surface area contributed by atoms with Crippen LogP contribution >= 0.6 is 11.6 Å². The highest BCUT2D eigenvalue weighted by atomic mass is 35.5. The van der Waals surface area contributed by atoms with E-state index in [0.29, 0.717) is 24.3 Å². The molecule has 0 radical (unpaired) electrons. The summed E-state index contributed by atoms with van der Waals surface area (Å²) in [5.41, 5.74) is -3.68. The highest BCUT2D eigenvalue weighted by molar-refractivity contribution is 7.87. The van der Waals surface area contributed by atoms with E-state index < -0.39 is 15.6 Å². The molecule has 1 aliphatic rings. The molecule has 3 nitrogen and oxygen atoms in total. The number of allylic oxidation sites excluding steroid dienone is 1. The van der Waals surface area contributed by atoms with Gasteiger partial charge >= 0.3 is 15.6 Å². The predicted octanol–water partition coefficient (Wildman–Crippen LogP) is 4.19. The second kappa shape index (κ2) is 5.53. The van der Waals surface area contributed by atoms with Crippen LogP contribution in [0, 0.1) is 6.92 Å². The molecule has 0 N–H and O–H groups in total. The van der Waals surface area contributed by atoms with Crippen LogP contribution in [0.2, 0.25) is 5.02 Å². The Bertz CT molecular complexity index is 693. The van der Waals surface area contributed by atoms with Crippen LogP contribution in [0.25, 0.3) is 5.76 Å². The van der Waals surface area contributed by atoms with E-state index in [1.807, 2.05) is 0 Å². The first-order valence-corrected chi connectivity index (χ1v) is 7.91. The van der Waals surface area contributed by atoms with Gasteiger partial charge in [0.15, 0.2) is 0 Å². The third-order valence-corrected chi connectivity index (χ3v) is 4.49. The van der Waals surface area contributed by atoms with Gasteiger partial charge in [-0.3, -0.25) is 0 Å². The lowest BCUT2D eigenvalue weighted by atomic mass is 10.0. The van der Waals surface area contributed by atoms with Crippen LogP contribution in [-0.2, 0) is 20.7 Å². The number of fused-ring (bicyclic) bond motifs is 1. The molecule has 1 aromatic rings. The molecule has 0 aromatic heterocycles. The fourth-order valence-electron chi connectivity index (χ4n) is 2.06. The normalized spacial score (nSPS) is 16.0. The maximum Gasteiger partial charge on any atom is 0.534 e. The van der Waals surface area contributed by atoms with Gasteiger partial charge in [-0.1, -0.05) is 17.7 Å². The van der Waals surface area contributed by atoms with Gasteiger partial charge in [-0.25, -0.2) is 0 Å². The lowest BCUT2D eigenvalue weighted by Crippen LogP contribution is -2.25.